The molecule has 1 atom stereocenters. The first kappa shape index (κ1) is 15.3. The van der Waals surface area contributed by atoms with E-state index in [1.807, 2.05) is 24.3 Å². The monoisotopic (exact) mass is 355 g/mol. The lowest BCUT2D eigenvalue weighted by Gasteiger charge is -2.32. The van der Waals surface area contributed by atoms with Crippen molar-refractivity contribution in [2.24, 2.45) is 0 Å². The molecule has 0 aromatic heterocycles. The molecule has 0 bridgehead atoms. The van der Waals surface area contributed by atoms with Gasteiger partial charge < -0.3 is 15.7 Å². The number of aliphatic carboxylic acids is 1. The summed E-state index contributed by atoms with van der Waals surface area (Å²) >= 11 is 3.33. The lowest BCUT2D eigenvalue weighted by atomic mass is 10.2. The predicted octanol–water partition coefficient (Wildman–Crippen LogP) is 0.544. The van der Waals surface area contributed by atoms with Crippen LogP contribution >= 0.6 is 15.9 Å². The highest BCUT2D eigenvalue weighted by molar-refractivity contribution is 9.10. The third-order valence-electron chi connectivity index (χ3n) is 3.06. The van der Waals surface area contributed by atoms with Crippen LogP contribution in [0.15, 0.2) is 28.7 Å². The highest BCUT2D eigenvalue weighted by atomic mass is 79.9. The van der Waals surface area contributed by atoms with E-state index in [9.17, 15) is 14.4 Å². The quantitative estimate of drug-likeness (QED) is 0.736. The van der Waals surface area contributed by atoms with Crippen LogP contribution in [0, 0.1) is 0 Å². The number of carboxylic acids is 1. The van der Waals surface area contributed by atoms with Gasteiger partial charge in [0.2, 0.25) is 5.91 Å². The first-order valence-electron chi connectivity index (χ1n) is 6.26. The lowest BCUT2D eigenvalue weighted by molar-refractivity contribution is -0.144. The van der Waals surface area contributed by atoms with E-state index in [1.54, 1.807) is 0 Å². The zero-order valence-electron chi connectivity index (χ0n) is 11.0. The average molecular weight is 356 g/mol. The molecule has 1 aliphatic rings. The first-order chi connectivity index (χ1) is 9.97. The number of benzene rings is 1. The molecule has 0 radical (unpaired) electrons. The number of rotatable bonds is 3. The Bertz CT molecular complexity index is 578. The van der Waals surface area contributed by atoms with Gasteiger partial charge in [-0.05, 0) is 17.7 Å². The molecule has 1 aromatic rings. The molecule has 2 rings (SSSR count). The molecule has 1 heterocycles. The summed E-state index contributed by atoms with van der Waals surface area (Å²) in [7, 11) is 0. The third kappa shape index (κ3) is 3.94. The van der Waals surface area contributed by atoms with Crippen molar-refractivity contribution in [3.63, 3.8) is 0 Å². The zero-order valence-corrected chi connectivity index (χ0v) is 12.6. The molecule has 3 amide bonds. The maximum Gasteiger partial charge on any atom is 0.328 e. The number of halogens is 1. The van der Waals surface area contributed by atoms with Gasteiger partial charge in [0.25, 0.3) is 0 Å². The van der Waals surface area contributed by atoms with Crippen molar-refractivity contribution in [3.05, 3.63) is 34.3 Å². The second-order valence-corrected chi connectivity index (χ2v) is 5.49. The summed E-state index contributed by atoms with van der Waals surface area (Å²) < 4.78 is 0.884. The second kappa shape index (κ2) is 6.57. The van der Waals surface area contributed by atoms with Crippen LogP contribution in [0.3, 0.4) is 0 Å². The number of urea groups is 1. The van der Waals surface area contributed by atoms with Gasteiger partial charge in [0.15, 0.2) is 0 Å². The van der Waals surface area contributed by atoms with Gasteiger partial charge in [-0.25, -0.2) is 9.59 Å². The fourth-order valence-electron chi connectivity index (χ4n) is 2.00. The predicted molar refractivity (Wildman–Crippen MR) is 77.5 cm³/mol. The minimum atomic E-state index is -1.15. The number of piperazine rings is 1. The van der Waals surface area contributed by atoms with Crippen LogP contribution in [0.25, 0.3) is 0 Å². The number of carbonyl (C=O) groups is 3. The fourth-order valence-corrected chi connectivity index (χ4v) is 2.45. The smallest absolute Gasteiger partial charge is 0.328 e. The van der Waals surface area contributed by atoms with E-state index < -0.39 is 18.0 Å². The van der Waals surface area contributed by atoms with E-state index in [1.165, 1.54) is 0 Å². The van der Waals surface area contributed by atoms with Crippen LogP contribution in [0.2, 0.25) is 0 Å². The van der Waals surface area contributed by atoms with Gasteiger partial charge in [-0.3, -0.25) is 9.69 Å². The third-order valence-corrected chi connectivity index (χ3v) is 3.55. The van der Waals surface area contributed by atoms with Gasteiger partial charge in [-0.2, -0.15) is 0 Å². The molecule has 112 valence electrons. The van der Waals surface area contributed by atoms with Gasteiger partial charge in [-0.1, -0.05) is 28.1 Å². The first-order valence-corrected chi connectivity index (χ1v) is 7.05. The number of nitrogens with zero attached hydrogens (tertiary/aromatic N) is 1. The molecular weight excluding hydrogens is 342 g/mol. The van der Waals surface area contributed by atoms with Gasteiger partial charge >= 0.3 is 12.0 Å². The summed E-state index contributed by atoms with van der Waals surface area (Å²) in [4.78, 5) is 35.6. The standard InChI is InChI=1S/C13H14BrN3O4/c14-9-3-1-2-8(4-9)5-16-13(21)17-7-11(18)15-6-10(17)12(19)20/h1-4,10H,5-7H2,(H,15,18)(H,16,21)(H,19,20). The summed E-state index contributed by atoms with van der Waals surface area (Å²) in [6, 6.07) is 5.75. The van der Waals surface area contributed by atoms with E-state index in [-0.39, 0.29) is 25.5 Å². The van der Waals surface area contributed by atoms with Crippen molar-refractivity contribution < 1.29 is 19.5 Å². The SMILES string of the molecule is O=C1CN(C(=O)NCc2cccc(Br)c2)C(C(=O)O)CN1. The molecule has 0 saturated carbocycles. The Morgan fingerprint density at radius 3 is 2.90 bits per heavy atom. The molecule has 21 heavy (non-hydrogen) atoms. The molecule has 0 aliphatic carbocycles. The van der Waals surface area contributed by atoms with Crippen molar-refractivity contribution in [2.75, 3.05) is 13.1 Å². The van der Waals surface area contributed by atoms with E-state index in [2.05, 4.69) is 26.6 Å². The van der Waals surface area contributed by atoms with Crippen LogP contribution in [0.5, 0.6) is 0 Å². The number of amides is 3. The molecule has 3 N–H and O–H groups in total. The van der Waals surface area contributed by atoms with E-state index in [0.717, 1.165) is 14.9 Å². The lowest BCUT2D eigenvalue weighted by Crippen LogP contribution is -2.61. The Labute approximate surface area is 129 Å². The normalized spacial score (nSPS) is 18.0. The molecule has 1 aliphatic heterocycles. The van der Waals surface area contributed by atoms with E-state index >= 15 is 0 Å². The summed E-state index contributed by atoms with van der Waals surface area (Å²) in [5.41, 5.74) is 0.867. The molecule has 1 aromatic carbocycles. The van der Waals surface area contributed by atoms with Gasteiger partial charge in [0.1, 0.15) is 12.6 Å². The van der Waals surface area contributed by atoms with Crippen LogP contribution in [0.4, 0.5) is 4.79 Å². The molecule has 8 heteroatoms. The molecule has 1 fully saturated rings. The van der Waals surface area contributed by atoms with Crippen molar-refractivity contribution >= 4 is 33.8 Å². The Balaban J connectivity index is 2.00. The largest absolute Gasteiger partial charge is 0.480 e. The van der Waals surface area contributed by atoms with Crippen molar-refractivity contribution in [2.45, 2.75) is 12.6 Å². The maximum atomic E-state index is 12.1. The highest BCUT2D eigenvalue weighted by Gasteiger charge is 2.35. The van der Waals surface area contributed by atoms with E-state index in [4.69, 9.17) is 5.11 Å². The highest BCUT2D eigenvalue weighted by Crippen LogP contribution is 2.12. The van der Waals surface area contributed by atoms with Gasteiger partial charge in [0.05, 0.1) is 0 Å². The Hall–Kier alpha value is -2.09. The molecule has 7 nitrogen and oxygen atoms in total. The van der Waals surface area contributed by atoms with Crippen molar-refractivity contribution in [1.29, 1.82) is 0 Å². The summed E-state index contributed by atoms with van der Waals surface area (Å²) in [5.74, 6) is -1.52. The number of hydrogen-bond acceptors (Lipinski definition) is 3. The van der Waals surface area contributed by atoms with Gasteiger partial charge in [-0.15, -0.1) is 0 Å². The van der Waals surface area contributed by atoms with E-state index in [0.29, 0.717) is 0 Å². The summed E-state index contributed by atoms with van der Waals surface area (Å²) in [5, 5.41) is 14.1. The van der Waals surface area contributed by atoms with Crippen LogP contribution in [-0.4, -0.2) is 47.0 Å². The molecular formula is C13H14BrN3O4. The fraction of sp³-hybridized carbons (Fsp3) is 0.308. The topological polar surface area (TPSA) is 98.7 Å². The van der Waals surface area contributed by atoms with Crippen LogP contribution in [0.1, 0.15) is 5.56 Å². The number of carboxylic acid groups (broad SMARTS) is 1. The Morgan fingerprint density at radius 1 is 1.48 bits per heavy atom. The van der Waals surface area contributed by atoms with Crippen LogP contribution in [-0.2, 0) is 16.1 Å². The minimum Gasteiger partial charge on any atom is -0.480 e. The van der Waals surface area contributed by atoms with Crippen molar-refractivity contribution in [1.82, 2.24) is 15.5 Å². The second-order valence-electron chi connectivity index (χ2n) is 4.57. The average Bonchev–Trinajstić information content (AvgIpc) is 2.44. The van der Waals surface area contributed by atoms with Gasteiger partial charge in [0, 0.05) is 17.6 Å². The number of hydrogen-bond donors (Lipinski definition) is 3. The van der Waals surface area contributed by atoms with Crippen LogP contribution < -0.4 is 10.6 Å². The summed E-state index contributed by atoms with van der Waals surface area (Å²) in [6.45, 7) is -0.0948. The molecule has 1 unspecified atom stereocenters. The zero-order chi connectivity index (χ0) is 15.4. The Kier molecular flexibility index (Phi) is 4.79. The van der Waals surface area contributed by atoms with Crippen molar-refractivity contribution in [3.8, 4) is 0 Å². The minimum absolute atomic E-state index is 0.0848. The maximum absolute atomic E-state index is 12.1. The molecule has 1 saturated heterocycles. The summed E-state index contributed by atoms with van der Waals surface area (Å²) in [6.07, 6.45) is 0. The Morgan fingerprint density at radius 2 is 2.24 bits per heavy atom. The number of nitrogens with one attached hydrogen (secondary N) is 2. The number of carbonyl (C=O) groups excluding carboxylic acids is 2. The molecule has 0 spiro atoms.